The predicted molar refractivity (Wildman–Crippen MR) is 69.8 cm³/mol. The van der Waals surface area contributed by atoms with Crippen LogP contribution >= 0.6 is 0 Å². The fourth-order valence-corrected chi connectivity index (χ4v) is 2.39. The molecule has 1 aromatic heterocycles. The molecule has 0 spiro atoms. The molecule has 88 valence electrons. The monoisotopic (exact) mass is 227 g/mol. The number of benzene rings is 1. The molecule has 0 atom stereocenters. The van der Waals surface area contributed by atoms with Crippen LogP contribution in [0.3, 0.4) is 0 Å². The summed E-state index contributed by atoms with van der Waals surface area (Å²) in [4.78, 5) is 4.26. The van der Waals surface area contributed by atoms with Crippen molar-refractivity contribution in [3.8, 4) is 5.69 Å². The first kappa shape index (κ1) is 10.4. The second-order valence-corrected chi connectivity index (χ2v) is 4.86. The number of imidazole rings is 1. The van der Waals surface area contributed by atoms with Gasteiger partial charge in [-0.1, -0.05) is 13.8 Å². The van der Waals surface area contributed by atoms with E-state index in [1.165, 1.54) is 22.6 Å². The van der Waals surface area contributed by atoms with Crippen LogP contribution in [-0.4, -0.2) is 16.1 Å². The maximum atomic E-state index is 4.26. The average Bonchev–Trinajstić information content (AvgIpc) is 2.96. The van der Waals surface area contributed by atoms with Crippen molar-refractivity contribution in [1.29, 1.82) is 0 Å². The van der Waals surface area contributed by atoms with Gasteiger partial charge in [-0.05, 0) is 36.1 Å². The quantitative estimate of drug-likeness (QED) is 0.854. The molecule has 1 aliphatic rings. The second kappa shape index (κ2) is 3.91. The Hall–Kier alpha value is -1.77. The molecular formula is C14H17N3. The fourth-order valence-electron chi connectivity index (χ4n) is 2.39. The molecule has 2 heterocycles. The van der Waals surface area contributed by atoms with E-state index in [9.17, 15) is 0 Å². The molecule has 0 saturated carbocycles. The highest BCUT2D eigenvalue weighted by atomic mass is 15.1. The Morgan fingerprint density at radius 2 is 2.24 bits per heavy atom. The van der Waals surface area contributed by atoms with Crippen molar-refractivity contribution < 1.29 is 0 Å². The molecule has 0 unspecified atom stereocenters. The van der Waals surface area contributed by atoms with E-state index < -0.39 is 0 Å². The van der Waals surface area contributed by atoms with Crippen LogP contribution in [0, 0.1) is 0 Å². The van der Waals surface area contributed by atoms with Crippen molar-refractivity contribution in [2.75, 3.05) is 11.9 Å². The van der Waals surface area contributed by atoms with Gasteiger partial charge in [0.2, 0.25) is 0 Å². The molecule has 0 bridgehead atoms. The maximum Gasteiger partial charge on any atom is 0.0994 e. The number of rotatable bonds is 2. The summed E-state index contributed by atoms with van der Waals surface area (Å²) in [6, 6.07) is 6.59. The van der Waals surface area contributed by atoms with Crippen LogP contribution in [0.25, 0.3) is 5.69 Å². The summed E-state index contributed by atoms with van der Waals surface area (Å²) >= 11 is 0. The van der Waals surface area contributed by atoms with Crippen molar-refractivity contribution in [1.82, 2.24) is 9.55 Å². The highest BCUT2D eigenvalue weighted by molar-refractivity contribution is 5.59. The topological polar surface area (TPSA) is 29.9 Å². The Bertz CT molecular complexity index is 540. The van der Waals surface area contributed by atoms with Crippen LogP contribution in [0.5, 0.6) is 0 Å². The summed E-state index contributed by atoms with van der Waals surface area (Å²) in [5.74, 6) is 0.490. The Kier molecular flexibility index (Phi) is 2.39. The van der Waals surface area contributed by atoms with Gasteiger partial charge in [0.1, 0.15) is 0 Å². The van der Waals surface area contributed by atoms with Crippen LogP contribution in [0.4, 0.5) is 5.69 Å². The summed E-state index contributed by atoms with van der Waals surface area (Å²) in [5.41, 5.74) is 5.16. The highest BCUT2D eigenvalue weighted by Crippen LogP contribution is 2.26. The van der Waals surface area contributed by atoms with Crippen LogP contribution < -0.4 is 5.32 Å². The maximum absolute atomic E-state index is 4.26. The first-order valence-corrected chi connectivity index (χ1v) is 6.15. The van der Waals surface area contributed by atoms with Gasteiger partial charge in [-0.15, -0.1) is 0 Å². The van der Waals surface area contributed by atoms with Crippen molar-refractivity contribution in [2.45, 2.75) is 26.2 Å². The van der Waals surface area contributed by atoms with E-state index in [0.717, 1.165) is 13.0 Å². The number of aromatic nitrogens is 2. The Labute approximate surface area is 101 Å². The molecule has 2 aromatic rings. The normalized spacial score (nSPS) is 13.8. The minimum absolute atomic E-state index is 0.490. The molecule has 1 N–H and O–H groups in total. The lowest BCUT2D eigenvalue weighted by Crippen LogP contribution is -2.00. The number of anilines is 1. The summed E-state index contributed by atoms with van der Waals surface area (Å²) in [5, 5.41) is 3.39. The van der Waals surface area contributed by atoms with Gasteiger partial charge in [-0.2, -0.15) is 0 Å². The van der Waals surface area contributed by atoms with Crippen molar-refractivity contribution >= 4 is 5.69 Å². The molecule has 0 amide bonds. The highest BCUT2D eigenvalue weighted by Gasteiger charge is 2.13. The van der Waals surface area contributed by atoms with Gasteiger partial charge in [-0.3, -0.25) is 0 Å². The van der Waals surface area contributed by atoms with E-state index in [1.807, 2.05) is 12.5 Å². The predicted octanol–water partition coefficient (Wildman–Crippen LogP) is 2.96. The van der Waals surface area contributed by atoms with Crippen molar-refractivity contribution in [3.63, 3.8) is 0 Å². The Morgan fingerprint density at radius 3 is 3.06 bits per heavy atom. The van der Waals surface area contributed by atoms with Gasteiger partial charge < -0.3 is 9.88 Å². The molecule has 3 rings (SSSR count). The van der Waals surface area contributed by atoms with Gasteiger partial charge in [0.05, 0.1) is 6.33 Å². The lowest BCUT2D eigenvalue weighted by atomic mass is 10.1. The smallest absolute Gasteiger partial charge is 0.0994 e. The average molecular weight is 227 g/mol. The zero-order valence-electron chi connectivity index (χ0n) is 10.3. The van der Waals surface area contributed by atoms with Gasteiger partial charge in [0.15, 0.2) is 0 Å². The second-order valence-electron chi connectivity index (χ2n) is 4.86. The third-order valence-electron chi connectivity index (χ3n) is 3.34. The number of nitrogens with zero attached hydrogens (tertiary/aromatic N) is 2. The van der Waals surface area contributed by atoms with Crippen LogP contribution in [0.15, 0.2) is 30.7 Å². The lowest BCUT2D eigenvalue weighted by Gasteiger charge is -2.12. The van der Waals surface area contributed by atoms with E-state index in [2.05, 4.69) is 46.9 Å². The first-order chi connectivity index (χ1) is 8.25. The van der Waals surface area contributed by atoms with Gasteiger partial charge >= 0.3 is 0 Å². The molecule has 1 aromatic carbocycles. The third-order valence-corrected chi connectivity index (χ3v) is 3.34. The Morgan fingerprint density at radius 1 is 1.35 bits per heavy atom. The molecule has 3 nitrogen and oxygen atoms in total. The summed E-state index contributed by atoms with van der Waals surface area (Å²) in [7, 11) is 0. The SMILES string of the molecule is CC(C)c1cncn1-c1ccc2c(c1)CCN2. The minimum Gasteiger partial charge on any atom is -0.384 e. The number of hydrogen-bond donors (Lipinski definition) is 1. The third kappa shape index (κ3) is 1.71. The van der Waals surface area contributed by atoms with Crippen LogP contribution in [0.1, 0.15) is 31.0 Å². The first-order valence-electron chi connectivity index (χ1n) is 6.15. The van der Waals surface area contributed by atoms with E-state index in [-0.39, 0.29) is 0 Å². The standard InChI is InChI=1S/C14H17N3/c1-10(2)14-8-15-9-17(14)12-3-4-13-11(7-12)5-6-16-13/h3-4,7-10,16H,5-6H2,1-2H3. The van der Waals surface area contributed by atoms with E-state index in [1.54, 1.807) is 0 Å². The fraction of sp³-hybridized carbons (Fsp3) is 0.357. The molecule has 1 aliphatic heterocycles. The van der Waals surface area contributed by atoms with E-state index in [0.29, 0.717) is 5.92 Å². The number of fused-ring (bicyclic) bond motifs is 1. The summed E-state index contributed by atoms with van der Waals surface area (Å²) in [6.07, 6.45) is 4.98. The van der Waals surface area contributed by atoms with Crippen molar-refractivity contribution in [2.24, 2.45) is 0 Å². The van der Waals surface area contributed by atoms with Crippen LogP contribution in [0.2, 0.25) is 0 Å². The largest absolute Gasteiger partial charge is 0.384 e. The van der Waals surface area contributed by atoms with Crippen molar-refractivity contribution in [3.05, 3.63) is 42.0 Å². The number of nitrogens with one attached hydrogen (secondary N) is 1. The molecule has 0 fully saturated rings. The summed E-state index contributed by atoms with van der Waals surface area (Å²) < 4.78 is 2.18. The molecule has 0 saturated heterocycles. The molecular weight excluding hydrogens is 210 g/mol. The number of hydrogen-bond acceptors (Lipinski definition) is 2. The molecule has 3 heteroatoms. The zero-order valence-corrected chi connectivity index (χ0v) is 10.3. The van der Waals surface area contributed by atoms with Gasteiger partial charge in [0, 0.05) is 29.8 Å². The van der Waals surface area contributed by atoms with Gasteiger partial charge in [-0.25, -0.2) is 4.98 Å². The Balaban J connectivity index is 2.06. The van der Waals surface area contributed by atoms with E-state index >= 15 is 0 Å². The van der Waals surface area contributed by atoms with Gasteiger partial charge in [0.25, 0.3) is 0 Å². The summed E-state index contributed by atoms with van der Waals surface area (Å²) in [6.45, 7) is 5.45. The van der Waals surface area contributed by atoms with Crippen LogP contribution in [-0.2, 0) is 6.42 Å². The lowest BCUT2D eigenvalue weighted by molar-refractivity contribution is 0.787. The minimum atomic E-state index is 0.490. The molecule has 17 heavy (non-hydrogen) atoms. The zero-order chi connectivity index (χ0) is 11.8. The molecule has 0 radical (unpaired) electrons. The molecule has 0 aliphatic carbocycles. The van der Waals surface area contributed by atoms with E-state index in [4.69, 9.17) is 0 Å².